The van der Waals surface area contributed by atoms with Crippen LogP contribution in [0.25, 0.3) is 0 Å². The van der Waals surface area contributed by atoms with Gasteiger partial charge in [0.05, 0.1) is 5.92 Å². The van der Waals surface area contributed by atoms with E-state index in [1.165, 1.54) is 0 Å². The molecule has 1 fully saturated rings. The summed E-state index contributed by atoms with van der Waals surface area (Å²) in [4.78, 5) is 12.2. The van der Waals surface area contributed by atoms with Gasteiger partial charge in [-0.15, -0.1) is 0 Å². The molecule has 0 radical (unpaired) electrons. The fourth-order valence-corrected chi connectivity index (χ4v) is 3.00. The number of nitrogens with two attached hydrogens (primary N) is 1. The molecule has 3 rings (SSSR count). The number of carbonyl (C=O) groups excluding carboxylic acids is 1. The molecule has 1 aromatic rings. The van der Waals surface area contributed by atoms with Crippen LogP contribution in [0, 0.1) is 5.92 Å². The SMILES string of the molecule is NC1CCCCC1C(=O)NCc1ccc2c(c1)OCCO2. The molecule has 1 heterocycles. The highest BCUT2D eigenvalue weighted by molar-refractivity contribution is 5.79. The van der Waals surface area contributed by atoms with Crippen LogP contribution in [0.15, 0.2) is 18.2 Å². The zero-order chi connectivity index (χ0) is 14.7. The van der Waals surface area contributed by atoms with Gasteiger partial charge < -0.3 is 20.5 Å². The van der Waals surface area contributed by atoms with Gasteiger partial charge in [-0.05, 0) is 30.5 Å². The Morgan fingerprint density at radius 1 is 1.19 bits per heavy atom. The van der Waals surface area contributed by atoms with Gasteiger partial charge >= 0.3 is 0 Å². The van der Waals surface area contributed by atoms with E-state index < -0.39 is 0 Å². The molecule has 0 saturated heterocycles. The topological polar surface area (TPSA) is 73.6 Å². The minimum Gasteiger partial charge on any atom is -0.486 e. The Hall–Kier alpha value is -1.75. The zero-order valence-electron chi connectivity index (χ0n) is 12.1. The number of amides is 1. The van der Waals surface area contributed by atoms with Crippen LogP contribution in [0.2, 0.25) is 0 Å². The van der Waals surface area contributed by atoms with Gasteiger partial charge in [0.2, 0.25) is 5.91 Å². The molecule has 2 unspecified atom stereocenters. The predicted molar refractivity (Wildman–Crippen MR) is 79.2 cm³/mol. The maximum atomic E-state index is 12.2. The lowest BCUT2D eigenvalue weighted by Crippen LogP contribution is -2.43. The van der Waals surface area contributed by atoms with E-state index in [1.54, 1.807) is 0 Å². The number of fused-ring (bicyclic) bond motifs is 1. The fourth-order valence-electron chi connectivity index (χ4n) is 3.00. The lowest BCUT2D eigenvalue weighted by atomic mass is 9.84. The van der Waals surface area contributed by atoms with Crippen molar-refractivity contribution in [2.24, 2.45) is 11.7 Å². The van der Waals surface area contributed by atoms with Crippen LogP contribution < -0.4 is 20.5 Å². The first kappa shape index (κ1) is 14.2. The molecule has 1 aliphatic carbocycles. The standard InChI is InChI=1S/C16H22N2O3/c17-13-4-2-1-3-12(13)16(19)18-10-11-5-6-14-15(9-11)21-8-7-20-14/h5-6,9,12-13H,1-4,7-8,10,17H2,(H,18,19). The van der Waals surface area contributed by atoms with E-state index in [0.717, 1.165) is 42.7 Å². The highest BCUT2D eigenvalue weighted by atomic mass is 16.6. The zero-order valence-corrected chi connectivity index (χ0v) is 12.1. The summed E-state index contributed by atoms with van der Waals surface area (Å²) in [5.74, 6) is 1.54. The van der Waals surface area contributed by atoms with E-state index in [9.17, 15) is 4.79 Å². The Morgan fingerprint density at radius 3 is 2.76 bits per heavy atom. The Bertz CT molecular complexity index is 518. The first-order valence-corrected chi connectivity index (χ1v) is 7.66. The molecule has 5 nitrogen and oxygen atoms in total. The summed E-state index contributed by atoms with van der Waals surface area (Å²) in [5, 5.41) is 2.99. The van der Waals surface area contributed by atoms with Gasteiger partial charge in [0.1, 0.15) is 13.2 Å². The van der Waals surface area contributed by atoms with E-state index >= 15 is 0 Å². The van der Waals surface area contributed by atoms with Crippen LogP contribution in [0.3, 0.4) is 0 Å². The minimum absolute atomic E-state index is 0.000911. The van der Waals surface area contributed by atoms with Crippen LogP contribution in [-0.2, 0) is 11.3 Å². The summed E-state index contributed by atoms with van der Waals surface area (Å²) >= 11 is 0. The molecular weight excluding hydrogens is 268 g/mol. The van der Waals surface area contributed by atoms with Crippen LogP contribution in [0.4, 0.5) is 0 Å². The fraction of sp³-hybridized carbons (Fsp3) is 0.562. The molecular formula is C16H22N2O3. The van der Waals surface area contributed by atoms with Gasteiger partial charge in [0, 0.05) is 12.6 Å². The molecule has 2 aliphatic rings. The lowest BCUT2D eigenvalue weighted by Gasteiger charge is -2.27. The number of ether oxygens (including phenoxy) is 2. The van der Waals surface area contributed by atoms with E-state index in [-0.39, 0.29) is 17.9 Å². The maximum absolute atomic E-state index is 12.2. The molecule has 0 bridgehead atoms. The molecule has 3 N–H and O–H groups in total. The van der Waals surface area contributed by atoms with Crippen LogP contribution in [0.5, 0.6) is 11.5 Å². The number of rotatable bonds is 3. The normalized spacial score (nSPS) is 24.4. The second-order valence-electron chi connectivity index (χ2n) is 5.75. The third-order valence-corrected chi connectivity index (χ3v) is 4.23. The Kier molecular flexibility index (Phi) is 4.29. The smallest absolute Gasteiger partial charge is 0.224 e. The Balaban J connectivity index is 1.58. The van der Waals surface area contributed by atoms with E-state index in [2.05, 4.69) is 5.32 Å². The number of benzene rings is 1. The summed E-state index contributed by atoms with van der Waals surface area (Å²) in [6, 6.07) is 5.77. The monoisotopic (exact) mass is 290 g/mol. The summed E-state index contributed by atoms with van der Waals surface area (Å²) in [5.41, 5.74) is 7.05. The van der Waals surface area contributed by atoms with E-state index in [4.69, 9.17) is 15.2 Å². The average molecular weight is 290 g/mol. The van der Waals surface area contributed by atoms with Gasteiger partial charge in [-0.2, -0.15) is 0 Å². The van der Waals surface area contributed by atoms with Crippen molar-refractivity contribution < 1.29 is 14.3 Å². The lowest BCUT2D eigenvalue weighted by molar-refractivity contribution is -0.126. The Labute approximate surface area is 124 Å². The summed E-state index contributed by atoms with van der Waals surface area (Å²) < 4.78 is 11.0. The largest absolute Gasteiger partial charge is 0.486 e. The van der Waals surface area contributed by atoms with Crippen molar-refractivity contribution in [3.05, 3.63) is 23.8 Å². The third kappa shape index (κ3) is 3.29. The summed E-state index contributed by atoms with van der Waals surface area (Å²) in [6.45, 7) is 1.65. The number of hydrogen-bond acceptors (Lipinski definition) is 4. The molecule has 2 atom stereocenters. The van der Waals surface area contributed by atoms with Gasteiger partial charge in [0.15, 0.2) is 11.5 Å². The number of nitrogens with one attached hydrogen (secondary N) is 1. The second-order valence-corrected chi connectivity index (χ2v) is 5.75. The number of hydrogen-bond donors (Lipinski definition) is 2. The first-order valence-electron chi connectivity index (χ1n) is 7.66. The summed E-state index contributed by atoms with van der Waals surface area (Å²) in [6.07, 6.45) is 4.07. The van der Waals surface area contributed by atoms with Crippen molar-refractivity contribution in [2.45, 2.75) is 38.3 Å². The quantitative estimate of drug-likeness (QED) is 0.886. The average Bonchev–Trinajstić information content (AvgIpc) is 2.53. The van der Waals surface area contributed by atoms with Crippen molar-refractivity contribution in [2.75, 3.05) is 13.2 Å². The minimum atomic E-state index is -0.0454. The van der Waals surface area contributed by atoms with Crippen LogP contribution in [-0.4, -0.2) is 25.2 Å². The molecule has 0 aromatic heterocycles. The van der Waals surface area contributed by atoms with Crippen molar-refractivity contribution >= 4 is 5.91 Å². The molecule has 5 heteroatoms. The summed E-state index contributed by atoms with van der Waals surface area (Å²) in [7, 11) is 0. The van der Waals surface area contributed by atoms with Crippen molar-refractivity contribution in [3.8, 4) is 11.5 Å². The molecule has 21 heavy (non-hydrogen) atoms. The van der Waals surface area contributed by atoms with Gasteiger partial charge in [0.25, 0.3) is 0 Å². The van der Waals surface area contributed by atoms with E-state index in [0.29, 0.717) is 19.8 Å². The van der Waals surface area contributed by atoms with Gasteiger partial charge in [-0.1, -0.05) is 18.9 Å². The third-order valence-electron chi connectivity index (χ3n) is 4.23. The van der Waals surface area contributed by atoms with Gasteiger partial charge in [-0.25, -0.2) is 0 Å². The first-order chi connectivity index (χ1) is 10.2. The van der Waals surface area contributed by atoms with Crippen molar-refractivity contribution in [1.29, 1.82) is 0 Å². The van der Waals surface area contributed by atoms with Crippen LogP contribution >= 0.6 is 0 Å². The molecule has 1 amide bonds. The van der Waals surface area contributed by atoms with Crippen LogP contribution in [0.1, 0.15) is 31.2 Å². The predicted octanol–water partition coefficient (Wildman–Crippen LogP) is 1.59. The molecule has 1 aromatic carbocycles. The molecule has 114 valence electrons. The second kappa shape index (κ2) is 6.35. The highest BCUT2D eigenvalue weighted by Gasteiger charge is 2.27. The van der Waals surface area contributed by atoms with Gasteiger partial charge in [-0.3, -0.25) is 4.79 Å². The molecule has 0 spiro atoms. The Morgan fingerprint density at radius 2 is 1.95 bits per heavy atom. The highest BCUT2D eigenvalue weighted by Crippen LogP contribution is 2.30. The molecule has 1 aliphatic heterocycles. The number of carbonyl (C=O) groups is 1. The van der Waals surface area contributed by atoms with Crippen molar-refractivity contribution in [3.63, 3.8) is 0 Å². The van der Waals surface area contributed by atoms with E-state index in [1.807, 2.05) is 18.2 Å². The maximum Gasteiger partial charge on any atom is 0.224 e. The molecule has 1 saturated carbocycles. The van der Waals surface area contributed by atoms with Crippen molar-refractivity contribution in [1.82, 2.24) is 5.32 Å².